The second-order valence-corrected chi connectivity index (χ2v) is 6.58. The highest BCUT2D eigenvalue weighted by Gasteiger charge is 2.28. The summed E-state index contributed by atoms with van der Waals surface area (Å²) in [5.74, 6) is 1.72. The van der Waals surface area contributed by atoms with E-state index in [0.29, 0.717) is 12.0 Å². The van der Waals surface area contributed by atoms with Crippen LogP contribution in [-0.4, -0.2) is 60.3 Å². The smallest absolute Gasteiger partial charge is 0.193 e. The van der Waals surface area contributed by atoms with Crippen molar-refractivity contribution in [1.29, 1.82) is 0 Å². The average Bonchev–Trinajstić information content (AvgIpc) is 3.12. The lowest BCUT2D eigenvalue weighted by molar-refractivity contribution is 0.188. The maximum atomic E-state index is 5.10. The fourth-order valence-electron chi connectivity index (χ4n) is 3.24. The molecule has 1 aromatic rings. The number of unbranched alkanes of at least 4 members (excludes halogenated alkanes) is 2. The Balaban J connectivity index is 1.91. The Labute approximate surface area is 146 Å². The van der Waals surface area contributed by atoms with Crippen LogP contribution < -0.4 is 5.32 Å². The van der Waals surface area contributed by atoms with Crippen molar-refractivity contribution in [2.45, 2.75) is 45.6 Å². The van der Waals surface area contributed by atoms with Gasteiger partial charge >= 0.3 is 0 Å². The van der Waals surface area contributed by atoms with Crippen LogP contribution in [0, 0.1) is 5.92 Å². The van der Waals surface area contributed by atoms with Crippen LogP contribution in [0.2, 0.25) is 0 Å². The van der Waals surface area contributed by atoms with Gasteiger partial charge in [-0.3, -0.25) is 4.99 Å². The van der Waals surface area contributed by atoms with E-state index in [1.807, 2.05) is 12.5 Å². The highest BCUT2D eigenvalue weighted by Crippen LogP contribution is 2.27. The van der Waals surface area contributed by atoms with Gasteiger partial charge in [-0.15, -0.1) is 0 Å². The Morgan fingerprint density at radius 3 is 2.96 bits per heavy atom. The van der Waals surface area contributed by atoms with Crippen LogP contribution in [-0.2, 0) is 4.74 Å². The van der Waals surface area contributed by atoms with E-state index in [-0.39, 0.29) is 0 Å². The third kappa shape index (κ3) is 5.51. The molecule has 1 N–H and O–H groups in total. The van der Waals surface area contributed by atoms with Gasteiger partial charge in [0, 0.05) is 52.3 Å². The van der Waals surface area contributed by atoms with Gasteiger partial charge in [-0.25, -0.2) is 4.98 Å². The molecule has 0 saturated carbocycles. The average molecular weight is 335 g/mol. The van der Waals surface area contributed by atoms with Crippen molar-refractivity contribution in [1.82, 2.24) is 19.8 Å². The van der Waals surface area contributed by atoms with Crippen LogP contribution in [0.5, 0.6) is 0 Å². The number of imidazole rings is 1. The van der Waals surface area contributed by atoms with E-state index >= 15 is 0 Å². The molecule has 6 nitrogen and oxygen atoms in total. The highest BCUT2D eigenvalue weighted by molar-refractivity contribution is 5.80. The number of ether oxygens (including phenoxy) is 1. The second-order valence-electron chi connectivity index (χ2n) is 6.58. The standard InChI is InChI=1S/C18H33N5O/c1-4-20-18(21-9-6-5-7-13-24-3)22-11-8-16(2)17(14-22)23-12-10-19-15-23/h10,12,15-17H,4-9,11,13-14H2,1-3H3,(H,20,21). The fourth-order valence-corrected chi connectivity index (χ4v) is 3.24. The Kier molecular flexibility index (Phi) is 8.08. The largest absolute Gasteiger partial charge is 0.385 e. The normalized spacial score (nSPS) is 22.0. The Morgan fingerprint density at radius 1 is 1.38 bits per heavy atom. The molecule has 0 aromatic carbocycles. The van der Waals surface area contributed by atoms with Crippen LogP contribution in [0.15, 0.2) is 23.7 Å². The topological polar surface area (TPSA) is 54.7 Å². The van der Waals surface area contributed by atoms with Gasteiger partial charge in [0.05, 0.1) is 12.4 Å². The molecule has 6 heteroatoms. The molecule has 1 saturated heterocycles. The number of hydrogen-bond acceptors (Lipinski definition) is 3. The summed E-state index contributed by atoms with van der Waals surface area (Å²) in [6, 6.07) is 0.465. The zero-order valence-electron chi connectivity index (χ0n) is 15.4. The number of aromatic nitrogens is 2. The summed E-state index contributed by atoms with van der Waals surface area (Å²) in [7, 11) is 1.76. The molecule has 2 rings (SSSR count). The van der Waals surface area contributed by atoms with Gasteiger partial charge in [0.25, 0.3) is 0 Å². The number of methoxy groups -OCH3 is 1. The molecule has 2 heterocycles. The Hall–Kier alpha value is -1.56. The molecular formula is C18H33N5O. The third-order valence-electron chi connectivity index (χ3n) is 4.73. The molecule has 1 aliphatic heterocycles. The molecule has 1 aromatic heterocycles. The van der Waals surface area contributed by atoms with E-state index in [0.717, 1.165) is 51.6 Å². The minimum atomic E-state index is 0.465. The van der Waals surface area contributed by atoms with Crippen LogP contribution >= 0.6 is 0 Å². The van der Waals surface area contributed by atoms with E-state index in [1.54, 1.807) is 7.11 Å². The van der Waals surface area contributed by atoms with E-state index in [9.17, 15) is 0 Å². The zero-order valence-corrected chi connectivity index (χ0v) is 15.4. The lowest BCUT2D eigenvalue weighted by atomic mass is 9.93. The van der Waals surface area contributed by atoms with Crippen molar-refractivity contribution >= 4 is 5.96 Å². The number of nitrogens with zero attached hydrogens (tertiary/aromatic N) is 4. The third-order valence-corrected chi connectivity index (χ3v) is 4.73. The van der Waals surface area contributed by atoms with Gasteiger partial charge in [-0.2, -0.15) is 0 Å². The van der Waals surface area contributed by atoms with Gasteiger partial charge in [0.2, 0.25) is 0 Å². The highest BCUT2D eigenvalue weighted by atomic mass is 16.5. The van der Waals surface area contributed by atoms with Crippen LogP contribution in [0.25, 0.3) is 0 Å². The first-order chi connectivity index (χ1) is 11.8. The zero-order chi connectivity index (χ0) is 17.2. The molecule has 0 spiro atoms. The lowest BCUT2D eigenvalue weighted by Crippen LogP contribution is -2.49. The minimum absolute atomic E-state index is 0.465. The summed E-state index contributed by atoms with van der Waals surface area (Å²) in [5.41, 5.74) is 0. The molecule has 1 fully saturated rings. The molecule has 0 aliphatic carbocycles. The maximum Gasteiger partial charge on any atom is 0.193 e. The predicted octanol–water partition coefficient (Wildman–Crippen LogP) is 2.55. The minimum Gasteiger partial charge on any atom is -0.385 e. The van der Waals surface area contributed by atoms with Crippen molar-refractivity contribution in [2.75, 3.05) is 39.9 Å². The number of aliphatic imine (C=N–C) groups is 1. The van der Waals surface area contributed by atoms with Crippen LogP contribution in [0.4, 0.5) is 0 Å². The summed E-state index contributed by atoms with van der Waals surface area (Å²) in [5, 5.41) is 3.46. The molecular weight excluding hydrogens is 302 g/mol. The predicted molar refractivity (Wildman–Crippen MR) is 98.3 cm³/mol. The van der Waals surface area contributed by atoms with Crippen molar-refractivity contribution in [2.24, 2.45) is 10.9 Å². The number of rotatable bonds is 8. The molecule has 0 radical (unpaired) electrons. The first kappa shape index (κ1) is 18.8. The number of nitrogens with one attached hydrogen (secondary N) is 1. The van der Waals surface area contributed by atoms with Gasteiger partial charge in [-0.1, -0.05) is 6.92 Å². The first-order valence-corrected chi connectivity index (χ1v) is 9.25. The van der Waals surface area contributed by atoms with Crippen LogP contribution in [0.3, 0.4) is 0 Å². The quantitative estimate of drug-likeness (QED) is 0.451. The Bertz CT molecular complexity index is 474. The Morgan fingerprint density at radius 2 is 2.25 bits per heavy atom. The van der Waals surface area contributed by atoms with Gasteiger partial charge in [-0.05, 0) is 38.5 Å². The van der Waals surface area contributed by atoms with Crippen molar-refractivity contribution in [3.05, 3.63) is 18.7 Å². The summed E-state index contributed by atoms with van der Waals surface area (Å²) in [6.07, 6.45) is 10.5. The van der Waals surface area contributed by atoms with E-state index in [4.69, 9.17) is 9.73 Å². The van der Waals surface area contributed by atoms with Gasteiger partial charge < -0.3 is 19.5 Å². The van der Waals surface area contributed by atoms with Gasteiger partial charge in [0.15, 0.2) is 5.96 Å². The summed E-state index contributed by atoms with van der Waals surface area (Å²) >= 11 is 0. The maximum absolute atomic E-state index is 5.10. The second kappa shape index (κ2) is 10.3. The van der Waals surface area contributed by atoms with E-state index in [1.165, 1.54) is 12.8 Å². The van der Waals surface area contributed by atoms with E-state index in [2.05, 4.69) is 39.8 Å². The molecule has 2 atom stereocenters. The summed E-state index contributed by atoms with van der Waals surface area (Å²) < 4.78 is 7.34. The fraction of sp³-hybridized carbons (Fsp3) is 0.778. The molecule has 136 valence electrons. The first-order valence-electron chi connectivity index (χ1n) is 9.25. The summed E-state index contributed by atoms with van der Waals surface area (Å²) in [4.78, 5) is 11.5. The number of guanidine groups is 1. The molecule has 0 bridgehead atoms. The van der Waals surface area contributed by atoms with Crippen molar-refractivity contribution in [3.8, 4) is 0 Å². The lowest BCUT2D eigenvalue weighted by Gasteiger charge is -2.39. The molecule has 24 heavy (non-hydrogen) atoms. The van der Waals surface area contributed by atoms with E-state index < -0.39 is 0 Å². The monoisotopic (exact) mass is 335 g/mol. The summed E-state index contributed by atoms with van der Waals surface area (Å²) in [6.45, 7) is 9.17. The number of hydrogen-bond donors (Lipinski definition) is 1. The number of likely N-dealkylation sites (tertiary alicyclic amines) is 1. The van der Waals surface area contributed by atoms with Crippen molar-refractivity contribution < 1.29 is 4.74 Å². The molecule has 2 unspecified atom stereocenters. The molecule has 1 aliphatic rings. The van der Waals surface area contributed by atoms with Crippen molar-refractivity contribution in [3.63, 3.8) is 0 Å². The van der Waals surface area contributed by atoms with Gasteiger partial charge in [0.1, 0.15) is 0 Å². The van der Waals surface area contributed by atoms with Crippen LogP contribution in [0.1, 0.15) is 45.6 Å². The number of piperidine rings is 1. The SMILES string of the molecule is CCNC(=NCCCCCOC)N1CCC(C)C(n2ccnc2)C1. The molecule has 0 amide bonds.